The van der Waals surface area contributed by atoms with Gasteiger partial charge >= 0.3 is 0 Å². The van der Waals surface area contributed by atoms with Crippen LogP contribution in [0.2, 0.25) is 0 Å². The SMILES string of the molecule is CC(N)c1ccnc(Oc2ccc(C#N)cc2)c1. The molecule has 0 aliphatic heterocycles. The van der Waals surface area contributed by atoms with Crippen LogP contribution in [0.4, 0.5) is 0 Å². The molecular formula is C14H13N3O. The third kappa shape index (κ3) is 2.84. The summed E-state index contributed by atoms with van der Waals surface area (Å²) in [7, 11) is 0. The van der Waals surface area contributed by atoms with Gasteiger partial charge in [0.15, 0.2) is 0 Å². The van der Waals surface area contributed by atoms with E-state index in [1.165, 1.54) is 0 Å². The second-order valence-electron chi connectivity index (χ2n) is 3.95. The number of pyridine rings is 1. The minimum absolute atomic E-state index is 0.0590. The summed E-state index contributed by atoms with van der Waals surface area (Å²) in [6.07, 6.45) is 1.66. The van der Waals surface area contributed by atoms with E-state index >= 15 is 0 Å². The fourth-order valence-corrected chi connectivity index (χ4v) is 1.48. The summed E-state index contributed by atoms with van der Waals surface area (Å²) in [5.74, 6) is 1.14. The summed E-state index contributed by atoms with van der Waals surface area (Å²) in [5.41, 5.74) is 7.36. The Labute approximate surface area is 106 Å². The molecular weight excluding hydrogens is 226 g/mol. The molecule has 0 amide bonds. The Morgan fingerprint density at radius 2 is 2.00 bits per heavy atom. The van der Waals surface area contributed by atoms with E-state index < -0.39 is 0 Å². The number of hydrogen-bond donors (Lipinski definition) is 1. The minimum Gasteiger partial charge on any atom is -0.439 e. The van der Waals surface area contributed by atoms with Crippen LogP contribution >= 0.6 is 0 Å². The van der Waals surface area contributed by atoms with Crippen molar-refractivity contribution in [2.45, 2.75) is 13.0 Å². The quantitative estimate of drug-likeness (QED) is 0.893. The largest absolute Gasteiger partial charge is 0.439 e. The number of aromatic nitrogens is 1. The van der Waals surface area contributed by atoms with Crippen molar-refractivity contribution in [1.82, 2.24) is 4.98 Å². The number of nitriles is 1. The fraction of sp³-hybridized carbons (Fsp3) is 0.143. The molecule has 2 aromatic rings. The fourth-order valence-electron chi connectivity index (χ4n) is 1.48. The maximum atomic E-state index is 8.70. The minimum atomic E-state index is -0.0590. The highest BCUT2D eigenvalue weighted by Gasteiger charge is 2.03. The number of ether oxygens (including phenoxy) is 1. The normalized spacial score (nSPS) is 11.6. The molecule has 4 heteroatoms. The molecule has 18 heavy (non-hydrogen) atoms. The van der Waals surface area contributed by atoms with Gasteiger partial charge in [0.1, 0.15) is 5.75 Å². The molecule has 90 valence electrons. The van der Waals surface area contributed by atoms with Crippen LogP contribution in [0.25, 0.3) is 0 Å². The lowest BCUT2D eigenvalue weighted by molar-refractivity contribution is 0.461. The van der Waals surface area contributed by atoms with Crippen LogP contribution in [0.3, 0.4) is 0 Å². The first-order valence-corrected chi connectivity index (χ1v) is 5.58. The van der Waals surface area contributed by atoms with E-state index in [-0.39, 0.29) is 6.04 Å². The molecule has 2 N–H and O–H groups in total. The number of nitrogens with two attached hydrogens (primary N) is 1. The van der Waals surface area contributed by atoms with Crippen molar-refractivity contribution in [2.24, 2.45) is 5.73 Å². The predicted molar refractivity (Wildman–Crippen MR) is 68.1 cm³/mol. The van der Waals surface area contributed by atoms with E-state index in [1.54, 1.807) is 30.5 Å². The van der Waals surface area contributed by atoms with Crippen molar-refractivity contribution in [3.63, 3.8) is 0 Å². The first-order valence-electron chi connectivity index (χ1n) is 5.58. The Kier molecular flexibility index (Phi) is 3.56. The molecule has 0 radical (unpaired) electrons. The first-order chi connectivity index (χ1) is 8.69. The van der Waals surface area contributed by atoms with Gasteiger partial charge in [0.25, 0.3) is 0 Å². The predicted octanol–water partition coefficient (Wildman–Crippen LogP) is 2.77. The van der Waals surface area contributed by atoms with Crippen LogP contribution < -0.4 is 10.5 Å². The molecule has 0 aliphatic carbocycles. The Morgan fingerprint density at radius 1 is 1.28 bits per heavy atom. The highest BCUT2D eigenvalue weighted by atomic mass is 16.5. The topological polar surface area (TPSA) is 71.9 Å². The van der Waals surface area contributed by atoms with Crippen LogP contribution in [-0.2, 0) is 0 Å². The standard InChI is InChI=1S/C14H13N3O/c1-10(16)12-6-7-17-14(8-12)18-13-4-2-11(9-15)3-5-13/h2-8,10H,16H2,1H3. The molecule has 0 spiro atoms. The van der Waals surface area contributed by atoms with Crippen molar-refractivity contribution >= 4 is 0 Å². The van der Waals surface area contributed by atoms with E-state index in [0.717, 1.165) is 5.56 Å². The lowest BCUT2D eigenvalue weighted by Crippen LogP contribution is -2.05. The number of benzene rings is 1. The van der Waals surface area contributed by atoms with Crippen LogP contribution in [-0.4, -0.2) is 4.98 Å². The zero-order valence-electron chi connectivity index (χ0n) is 10.00. The average Bonchev–Trinajstić information content (AvgIpc) is 2.40. The van der Waals surface area contributed by atoms with Gasteiger partial charge in [-0.15, -0.1) is 0 Å². The molecule has 1 heterocycles. The van der Waals surface area contributed by atoms with Gasteiger partial charge in [0.2, 0.25) is 5.88 Å². The van der Waals surface area contributed by atoms with E-state index in [0.29, 0.717) is 17.2 Å². The molecule has 0 saturated carbocycles. The van der Waals surface area contributed by atoms with Crippen LogP contribution in [0, 0.1) is 11.3 Å². The lowest BCUT2D eigenvalue weighted by atomic mass is 10.1. The second-order valence-corrected chi connectivity index (χ2v) is 3.95. The number of rotatable bonds is 3. The van der Waals surface area contributed by atoms with Crippen molar-refractivity contribution in [1.29, 1.82) is 5.26 Å². The summed E-state index contributed by atoms with van der Waals surface area (Å²) in [5, 5.41) is 8.70. The van der Waals surface area contributed by atoms with E-state index in [9.17, 15) is 0 Å². The Balaban J connectivity index is 2.18. The van der Waals surface area contributed by atoms with E-state index in [1.807, 2.05) is 19.1 Å². The number of hydrogen-bond acceptors (Lipinski definition) is 4. The highest BCUT2D eigenvalue weighted by molar-refractivity contribution is 5.36. The average molecular weight is 239 g/mol. The van der Waals surface area contributed by atoms with Crippen LogP contribution in [0.1, 0.15) is 24.1 Å². The molecule has 1 atom stereocenters. The van der Waals surface area contributed by atoms with Gasteiger partial charge in [-0.2, -0.15) is 5.26 Å². The molecule has 0 bridgehead atoms. The summed E-state index contributed by atoms with van der Waals surface area (Å²) in [6.45, 7) is 1.90. The van der Waals surface area contributed by atoms with Crippen LogP contribution in [0.5, 0.6) is 11.6 Å². The van der Waals surface area contributed by atoms with Crippen molar-refractivity contribution in [3.8, 4) is 17.7 Å². The third-order valence-corrected chi connectivity index (χ3v) is 2.49. The zero-order chi connectivity index (χ0) is 13.0. The molecule has 0 saturated heterocycles. The van der Waals surface area contributed by atoms with Gasteiger partial charge in [-0.25, -0.2) is 4.98 Å². The van der Waals surface area contributed by atoms with Gasteiger partial charge in [0.05, 0.1) is 11.6 Å². The van der Waals surface area contributed by atoms with Gasteiger partial charge in [0, 0.05) is 18.3 Å². The monoisotopic (exact) mass is 239 g/mol. The molecule has 0 aliphatic rings. The molecule has 1 aromatic carbocycles. The molecule has 2 rings (SSSR count). The third-order valence-electron chi connectivity index (χ3n) is 2.49. The van der Waals surface area contributed by atoms with Gasteiger partial charge in [-0.05, 0) is 42.8 Å². The molecule has 1 unspecified atom stereocenters. The Morgan fingerprint density at radius 3 is 2.61 bits per heavy atom. The maximum Gasteiger partial charge on any atom is 0.219 e. The van der Waals surface area contributed by atoms with Crippen molar-refractivity contribution in [3.05, 3.63) is 53.7 Å². The Bertz CT molecular complexity index is 570. The van der Waals surface area contributed by atoms with Gasteiger partial charge in [-0.1, -0.05) is 0 Å². The first kappa shape index (κ1) is 12.1. The lowest BCUT2D eigenvalue weighted by Gasteiger charge is -2.08. The molecule has 0 fully saturated rings. The van der Waals surface area contributed by atoms with E-state index in [2.05, 4.69) is 11.1 Å². The Hall–Kier alpha value is -2.38. The summed E-state index contributed by atoms with van der Waals surface area (Å²) < 4.78 is 5.59. The van der Waals surface area contributed by atoms with Crippen molar-refractivity contribution < 1.29 is 4.74 Å². The van der Waals surface area contributed by atoms with Gasteiger partial charge < -0.3 is 10.5 Å². The molecule has 4 nitrogen and oxygen atoms in total. The summed E-state index contributed by atoms with van der Waals surface area (Å²) in [4.78, 5) is 4.12. The maximum absolute atomic E-state index is 8.70. The van der Waals surface area contributed by atoms with E-state index in [4.69, 9.17) is 15.7 Å². The summed E-state index contributed by atoms with van der Waals surface area (Å²) in [6, 6.07) is 12.5. The van der Waals surface area contributed by atoms with Crippen LogP contribution in [0.15, 0.2) is 42.6 Å². The highest BCUT2D eigenvalue weighted by Crippen LogP contribution is 2.21. The second kappa shape index (κ2) is 5.30. The number of nitrogens with zero attached hydrogens (tertiary/aromatic N) is 2. The van der Waals surface area contributed by atoms with Gasteiger partial charge in [-0.3, -0.25) is 0 Å². The molecule has 1 aromatic heterocycles. The van der Waals surface area contributed by atoms with Crippen molar-refractivity contribution in [2.75, 3.05) is 0 Å². The summed E-state index contributed by atoms with van der Waals surface area (Å²) >= 11 is 0. The zero-order valence-corrected chi connectivity index (χ0v) is 10.00. The smallest absolute Gasteiger partial charge is 0.219 e.